The van der Waals surface area contributed by atoms with Crippen LogP contribution in [0.5, 0.6) is 5.75 Å². The second-order valence-electron chi connectivity index (χ2n) is 8.86. The standard InChI is InChI=1S/C28H29Cl3N2O3/c1-19(2)16-32-28(35)26(14-20-7-4-3-5-8-20)33(17-21-11-12-24(30)25(31)13-21)27(34)18-36-23-10-6-9-22(29)15-23/h3-13,15,19,26H,14,16-18H2,1-2H3,(H,32,35)/t26-/m1/s1. The van der Waals surface area contributed by atoms with Crippen LogP contribution in [0.3, 0.4) is 0 Å². The Labute approximate surface area is 227 Å². The van der Waals surface area contributed by atoms with E-state index in [4.69, 9.17) is 39.5 Å². The number of rotatable bonds is 11. The van der Waals surface area contributed by atoms with Crippen LogP contribution in [0.2, 0.25) is 15.1 Å². The summed E-state index contributed by atoms with van der Waals surface area (Å²) in [6, 6.07) is 20.8. The van der Waals surface area contributed by atoms with Crippen molar-refractivity contribution < 1.29 is 14.3 Å². The molecule has 1 atom stereocenters. The first-order valence-corrected chi connectivity index (χ1v) is 12.8. The van der Waals surface area contributed by atoms with E-state index in [1.807, 2.05) is 44.2 Å². The number of amides is 2. The third-order valence-corrected chi connectivity index (χ3v) is 6.43. The zero-order chi connectivity index (χ0) is 26.1. The Morgan fingerprint density at radius 2 is 1.64 bits per heavy atom. The van der Waals surface area contributed by atoms with E-state index >= 15 is 0 Å². The van der Waals surface area contributed by atoms with Crippen LogP contribution in [-0.2, 0) is 22.6 Å². The van der Waals surface area contributed by atoms with Crippen LogP contribution in [0.4, 0.5) is 0 Å². The fourth-order valence-corrected chi connectivity index (χ4v) is 4.10. The number of hydrogen-bond donors (Lipinski definition) is 1. The van der Waals surface area contributed by atoms with E-state index in [1.165, 1.54) is 4.90 Å². The Morgan fingerprint density at radius 3 is 2.31 bits per heavy atom. The van der Waals surface area contributed by atoms with Crippen molar-refractivity contribution in [3.05, 3.63) is 99.0 Å². The van der Waals surface area contributed by atoms with Crippen molar-refractivity contribution in [1.82, 2.24) is 10.2 Å². The van der Waals surface area contributed by atoms with Gasteiger partial charge in [-0.1, -0.05) is 91.1 Å². The van der Waals surface area contributed by atoms with E-state index in [0.29, 0.717) is 33.8 Å². The smallest absolute Gasteiger partial charge is 0.261 e. The number of nitrogens with one attached hydrogen (secondary N) is 1. The zero-order valence-electron chi connectivity index (χ0n) is 20.2. The number of hydrogen-bond acceptors (Lipinski definition) is 3. The van der Waals surface area contributed by atoms with Gasteiger partial charge in [0.05, 0.1) is 10.0 Å². The molecule has 0 heterocycles. The molecule has 0 spiro atoms. The summed E-state index contributed by atoms with van der Waals surface area (Å²) in [4.78, 5) is 28.5. The van der Waals surface area contributed by atoms with Crippen LogP contribution in [0.15, 0.2) is 72.8 Å². The summed E-state index contributed by atoms with van der Waals surface area (Å²) in [6.07, 6.45) is 0.342. The molecular weight excluding hydrogens is 519 g/mol. The topological polar surface area (TPSA) is 58.6 Å². The number of carbonyl (C=O) groups excluding carboxylic acids is 2. The predicted octanol–water partition coefficient (Wildman–Crippen LogP) is 6.44. The lowest BCUT2D eigenvalue weighted by atomic mass is 10.0. The molecule has 3 aromatic rings. The van der Waals surface area contributed by atoms with Gasteiger partial charge >= 0.3 is 0 Å². The van der Waals surface area contributed by atoms with Gasteiger partial charge in [0, 0.05) is 24.5 Å². The summed E-state index contributed by atoms with van der Waals surface area (Å²) in [7, 11) is 0. The average molecular weight is 548 g/mol. The van der Waals surface area contributed by atoms with Crippen molar-refractivity contribution in [2.75, 3.05) is 13.2 Å². The van der Waals surface area contributed by atoms with Gasteiger partial charge in [-0.05, 0) is 47.4 Å². The molecule has 0 radical (unpaired) electrons. The van der Waals surface area contributed by atoms with E-state index in [2.05, 4.69) is 5.32 Å². The van der Waals surface area contributed by atoms with Gasteiger partial charge < -0.3 is 15.0 Å². The van der Waals surface area contributed by atoms with E-state index < -0.39 is 6.04 Å². The molecule has 2 amide bonds. The van der Waals surface area contributed by atoms with Crippen LogP contribution in [-0.4, -0.2) is 35.9 Å². The van der Waals surface area contributed by atoms with E-state index in [1.54, 1.807) is 42.5 Å². The fraction of sp³-hybridized carbons (Fsp3) is 0.286. The van der Waals surface area contributed by atoms with Crippen LogP contribution >= 0.6 is 34.8 Å². The maximum atomic E-state index is 13.6. The van der Waals surface area contributed by atoms with Crippen LogP contribution in [0.1, 0.15) is 25.0 Å². The van der Waals surface area contributed by atoms with Crippen molar-refractivity contribution in [3.63, 3.8) is 0 Å². The molecule has 1 N–H and O–H groups in total. The maximum absolute atomic E-state index is 13.6. The van der Waals surface area contributed by atoms with E-state index in [-0.39, 0.29) is 30.9 Å². The maximum Gasteiger partial charge on any atom is 0.261 e. The molecule has 3 aromatic carbocycles. The van der Waals surface area contributed by atoms with Gasteiger partial charge in [0.25, 0.3) is 5.91 Å². The lowest BCUT2D eigenvalue weighted by Gasteiger charge is -2.31. The summed E-state index contributed by atoms with van der Waals surface area (Å²) in [6.45, 7) is 4.43. The minimum absolute atomic E-state index is 0.154. The third kappa shape index (κ3) is 8.44. The number of halogens is 3. The third-order valence-electron chi connectivity index (χ3n) is 5.45. The molecule has 0 aliphatic carbocycles. The first-order chi connectivity index (χ1) is 17.2. The number of nitrogens with zero attached hydrogens (tertiary/aromatic N) is 1. The minimum atomic E-state index is -0.768. The highest BCUT2D eigenvalue weighted by Crippen LogP contribution is 2.25. The molecule has 190 valence electrons. The molecule has 0 fully saturated rings. The lowest BCUT2D eigenvalue weighted by molar-refractivity contribution is -0.142. The molecule has 3 rings (SSSR count). The largest absolute Gasteiger partial charge is 0.484 e. The van der Waals surface area contributed by atoms with E-state index in [9.17, 15) is 9.59 Å². The van der Waals surface area contributed by atoms with Crippen LogP contribution < -0.4 is 10.1 Å². The molecule has 0 aliphatic heterocycles. The molecule has 0 aliphatic rings. The summed E-state index contributed by atoms with van der Waals surface area (Å²) < 4.78 is 5.73. The molecule has 8 heteroatoms. The van der Waals surface area contributed by atoms with Gasteiger partial charge in [0.1, 0.15) is 11.8 Å². The highest BCUT2D eigenvalue weighted by Gasteiger charge is 2.31. The summed E-state index contributed by atoms with van der Waals surface area (Å²) in [5.41, 5.74) is 1.68. The summed E-state index contributed by atoms with van der Waals surface area (Å²) in [5, 5.41) is 4.28. The Morgan fingerprint density at radius 1 is 0.889 bits per heavy atom. The Balaban J connectivity index is 1.92. The number of carbonyl (C=O) groups is 2. The van der Waals surface area contributed by atoms with Crippen molar-refractivity contribution in [2.24, 2.45) is 5.92 Å². The molecule has 0 unspecified atom stereocenters. The first kappa shape index (κ1) is 27.9. The monoisotopic (exact) mass is 546 g/mol. The van der Waals surface area contributed by atoms with Gasteiger partial charge in [-0.25, -0.2) is 0 Å². The van der Waals surface area contributed by atoms with Crippen LogP contribution in [0.25, 0.3) is 0 Å². The van der Waals surface area contributed by atoms with Gasteiger partial charge in [-0.2, -0.15) is 0 Å². The van der Waals surface area contributed by atoms with Crippen molar-refractivity contribution >= 4 is 46.6 Å². The molecule has 36 heavy (non-hydrogen) atoms. The zero-order valence-corrected chi connectivity index (χ0v) is 22.5. The molecule has 0 saturated carbocycles. The lowest BCUT2D eigenvalue weighted by Crippen LogP contribution is -2.52. The minimum Gasteiger partial charge on any atom is -0.484 e. The molecule has 0 bridgehead atoms. The Hall–Kier alpha value is -2.73. The summed E-state index contributed by atoms with van der Waals surface area (Å²) in [5.74, 6) is 0.149. The van der Waals surface area contributed by atoms with Gasteiger partial charge in [0.2, 0.25) is 5.91 Å². The Kier molecular flexibility index (Phi) is 10.5. The second-order valence-corrected chi connectivity index (χ2v) is 10.1. The number of benzene rings is 3. The highest BCUT2D eigenvalue weighted by molar-refractivity contribution is 6.42. The molecule has 5 nitrogen and oxygen atoms in total. The SMILES string of the molecule is CC(C)CNC(=O)[C@@H](Cc1ccccc1)N(Cc1ccc(Cl)c(Cl)c1)C(=O)COc1cccc(Cl)c1. The van der Waals surface area contributed by atoms with Gasteiger partial charge in [-0.15, -0.1) is 0 Å². The summed E-state index contributed by atoms with van der Waals surface area (Å²) >= 11 is 18.4. The fourth-order valence-electron chi connectivity index (χ4n) is 3.60. The quantitative estimate of drug-likeness (QED) is 0.301. The van der Waals surface area contributed by atoms with Crippen molar-refractivity contribution in [1.29, 1.82) is 0 Å². The normalized spacial score (nSPS) is 11.7. The molecule has 0 aromatic heterocycles. The van der Waals surface area contributed by atoms with Gasteiger partial charge in [0.15, 0.2) is 6.61 Å². The predicted molar refractivity (Wildman–Crippen MR) is 146 cm³/mol. The van der Waals surface area contributed by atoms with Crippen molar-refractivity contribution in [2.45, 2.75) is 32.9 Å². The van der Waals surface area contributed by atoms with Crippen LogP contribution in [0, 0.1) is 5.92 Å². The average Bonchev–Trinajstić information content (AvgIpc) is 2.86. The Bertz CT molecular complexity index is 1170. The highest BCUT2D eigenvalue weighted by atomic mass is 35.5. The number of ether oxygens (including phenoxy) is 1. The van der Waals surface area contributed by atoms with Gasteiger partial charge in [-0.3, -0.25) is 9.59 Å². The first-order valence-electron chi connectivity index (χ1n) is 11.7. The molecular formula is C28H29Cl3N2O3. The second kappa shape index (κ2) is 13.5. The van der Waals surface area contributed by atoms with E-state index in [0.717, 1.165) is 11.1 Å². The van der Waals surface area contributed by atoms with Crippen molar-refractivity contribution in [3.8, 4) is 5.75 Å². The molecule has 0 saturated heterocycles.